The van der Waals surface area contributed by atoms with Gasteiger partial charge in [0.1, 0.15) is 0 Å². The van der Waals surface area contributed by atoms with Gasteiger partial charge in [0.15, 0.2) is 0 Å². The average molecular weight is 320 g/mol. The van der Waals surface area contributed by atoms with Gasteiger partial charge in [-0.2, -0.15) is 35.1 Å². The van der Waals surface area contributed by atoms with Gasteiger partial charge in [-0.25, -0.2) is 4.79 Å². The first-order chi connectivity index (χ1) is 8.71. The van der Waals surface area contributed by atoms with E-state index in [1.807, 2.05) is 0 Å². The lowest BCUT2D eigenvalue weighted by atomic mass is 9.98. The van der Waals surface area contributed by atoms with Crippen LogP contribution >= 0.6 is 0 Å². The summed E-state index contributed by atoms with van der Waals surface area (Å²) in [5.74, 6) is -29.2. The Balaban J connectivity index is 5.86. The maximum Gasteiger partial charge on any atom is 0.410 e. The van der Waals surface area contributed by atoms with Crippen LogP contribution in [0.5, 0.6) is 0 Å². The molecule has 20 heavy (non-hydrogen) atoms. The second-order valence-corrected chi connectivity index (χ2v) is 3.43. The number of methoxy groups -OCH3 is 2. The van der Waals surface area contributed by atoms with E-state index in [1.165, 1.54) is 0 Å². The van der Waals surface area contributed by atoms with Gasteiger partial charge >= 0.3 is 29.7 Å². The minimum atomic E-state index is -6.85. The smallest absolute Gasteiger partial charge is 0.410 e. The van der Waals surface area contributed by atoms with Crippen molar-refractivity contribution in [3.8, 4) is 0 Å². The fourth-order valence-corrected chi connectivity index (χ4v) is 0.966. The Morgan fingerprint density at radius 2 is 1.35 bits per heavy atom. The summed E-state index contributed by atoms with van der Waals surface area (Å²) in [5.41, 5.74) is 0. The Labute approximate surface area is 106 Å². The zero-order valence-electron chi connectivity index (χ0n) is 9.77. The molecule has 1 unspecified atom stereocenters. The van der Waals surface area contributed by atoms with Crippen LogP contribution in [0.25, 0.3) is 0 Å². The van der Waals surface area contributed by atoms with E-state index in [2.05, 4.69) is 9.47 Å². The number of aliphatic hydroxyl groups excluding tert-OH is 1. The first-order valence-electron chi connectivity index (χ1n) is 4.52. The summed E-state index contributed by atoms with van der Waals surface area (Å²) in [6.45, 7) is 0. The molecule has 0 saturated heterocycles. The van der Waals surface area contributed by atoms with Crippen molar-refractivity contribution in [1.82, 2.24) is 0 Å². The first kappa shape index (κ1) is 18.8. The second-order valence-electron chi connectivity index (χ2n) is 3.43. The molecule has 0 bridgehead atoms. The summed E-state index contributed by atoms with van der Waals surface area (Å²) in [5, 5.41) is 8.40. The Bertz CT molecular complexity index is 369. The number of halogens is 8. The number of alkyl halides is 8. The van der Waals surface area contributed by atoms with Crippen molar-refractivity contribution < 1.29 is 54.5 Å². The Morgan fingerprint density at radius 1 is 0.950 bits per heavy atom. The minimum absolute atomic E-state index is 0.159. The van der Waals surface area contributed by atoms with Crippen LogP contribution in [0.1, 0.15) is 0 Å². The number of aliphatic hydroxyl groups is 1. The van der Waals surface area contributed by atoms with Crippen LogP contribution in [0.3, 0.4) is 0 Å². The minimum Gasteiger partial charge on any atom is -0.464 e. The van der Waals surface area contributed by atoms with Crippen LogP contribution in [0.4, 0.5) is 35.1 Å². The molecule has 0 fully saturated rings. The summed E-state index contributed by atoms with van der Waals surface area (Å²) in [4.78, 5) is 10.4. The highest BCUT2D eigenvalue weighted by molar-refractivity contribution is 5.79. The third-order valence-electron chi connectivity index (χ3n) is 2.18. The molecule has 1 atom stereocenters. The molecule has 1 N–H and O–H groups in total. The molecule has 4 nitrogen and oxygen atoms in total. The molecule has 0 aromatic carbocycles. The molecule has 0 saturated carbocycles. The number of carbonyl (C=O) groups is 1. The van der Waals surface area contributed by atoms with Crippen LogP contribution in [0.2, 0.25) is 0 Å². The monoisotopic (exact) mass is 320 g/mol. The SMILES string of the molecule is COC(=O)C(F)(F)C(F)(F)C(F)(F)C(F)(F)C(O)OC. The molecule has 0 heterocycles. The first-order valence-corrected chi connectivity index (χ1v) is 4.52. The number of ether oxygens (including phenoxy) is 2. The highest BCUT2D eigenvalue weighted by Gasteiger charge is 2.84. The molecular weight excluding hydrogens is 312 g/mol. The van der Waals surface area contributed by atoms with Gasteiger partial charge in [0.25, 0.3) is 0 Å². The van der Waals surface area contributed by atoms with Crippen LogP contribution < -0.4 is 0 Å². The van der Waals surface area contributed by atoms with Gasteiger partial charge in [-0.3, -0.25) is 0 Å². The quantitative estimate of drug-likeness (QED) is 0.459. The largest absolute Gasteiger partial charge is 0.464 e. The van der Waals surface area contributed by atoms with Crippen molar-refractivity contribution in [3.05, 3.63) is 0 Å². The Hall–Kier alpha value is -1.17. The van der Waals surface area contributed by atoms with Crippen LogP contribution in [-0.4, -0.2) is 55.3 Å². The summed E-state index contributed by atoms with van der Waals surface area (Å²) in [6.07, 6.45) is -3.81. The fraction of sp³-hybridized carbons (Fsp3) is 0.875. The molecular formula is C8H8F8O4. The van der Waals surface area contributed by atoms with Gasteiger partial charge in [-0.15, -0.1) is 0 Å². The topological polar surface area (TPSA) is 55.8 Å². The van der Waals surface area contributed by atoms with Crippen LogP contribution in [0, 0.1) is 0 Å². The van der Waals surface area contributed by atoms with Gasteiger partial charge < -0.3 is 14.6 Å². The van der Waals surface area contributed by atoms with E-state index in [1.54, 1.807) is 0 Å². The molecule has 0 amide bonds. The number of rotatable bonds is 6. The maximum atomic E-state index is 13.0. The molecule has 0 spiro atoms. The van der Waals surface area contributed by atoms with E-state index >= 15 is 0 Å². The summed E-state index contributed by atoms with van der Waals surface area (Å²) in [6, 6.07) is 0. The van der Waals surface area contributed by atoms with Crippen molar-refractivity contribution in [1.29, 1.82) is 0 Å². The van der Waals surface area contributed by atoms with E-state index < -0.39 is 35.9 Å². The third kappa shape index (κ3) is 2.41. The van der Waals surface area contributed by atoms with E-state index in [0.29, 0.717) is 0 Å². The lowest BCUT2D eigenvalue weighted by Gasteiger charge is -2.36. The molecule has 0 aromatic rings. The fourth-order valence-electron chi connectivity index (χ4n) is 0.966. The molecule has 0 aromatic heterocycles. The summed E-state index contributed by atoms with van der Waals surface area (Å²) in [7, 11) is 0.401. The van der Waals surface area contributed by atoms with E-state index in [9.17, 15) is 39.9 Å². The normalized spacial score (nSPS) is 15.9. The molecule has 0 aliphatic carbocycles. The van der Waals surface area contributed by atoms with E-state index in [-0.39, 0.29) is 14.2 Å². The van der Waals surface area contributed by atoms with Crippen molar-refractivity contribution >= 4 is 5.97 Å². The molecule has 0 aliphatic rings. The van der Waals surface area contributed by atoms with Crippen molar-refractivity contribution in [2.45, 2.75) is 30.0 Å². The lowest BCUT2D eigenvalue weighted by molar-refractivity contribution is -0.394. The van der Waals surface area contributed by atoms with Crippen molar-refractivity contribution in [2.75, 3.05) is 14.2 Å². The molecule has 0 rings (SSSR count). The number of esters is 1. The lowest BCUT2D eigenvalue weighted by Crippen LogP contribution is -2.67. The van der Waals surface area contributed by atoms with Gasteiger partial charge in [0, 0.05) is 7.11 Å². The Morgan fingerprint density at radius 3 is 1.65 bits per heavy atom. The molecule has 0 radical (unpaired) electrons. The van der Waals surface area contributed by atoms with E-state index in [4.69, 9.17) is 5.11 Å². The standard InChI is InChI=1S/C8H8F8O4/c1-19-3(17)5(9,10)7(13,14)8(15,16)6(11,12)4(18)20-2/h3,17H,1-2H3. The maximum absolute atomic E-state index is 13.0. The number of carbonyl (C=O) groups excluding carboxylic acids is 1. The zero-order chi connectivity index (χ0) is 16.6. The van der Waals surface area contributed by atoms with Gasteiger partial charge in [0.05, 0.1) is 7.11 Å². The molecule has 120 valence electrons. The number of hydrogen-bond donors (Lipinski definition) is 1. The van der Waals surface area contributed by atoms with Gasteiger partial charge in [0.2, 0.25) is 6.29 Å². The van der Waals surface area contributed by atoms with Crippen molar-refractivity contribution in [3.63, 3.8) is 0 Å². The average Bonchev–Trinajstić information content (AvgIpc) is 2.35. The van der Waals surface area contributed by atoms with Crippen LogP contribution in [-0.2, 0) is 14.3 Å². The third-order valence-corrected chi connectivity index (χ3v) is 2.18. The summed E-state index contributed by atoms with van der Waals surface area (Å²) < 4.78 is 110. The highest BCUT2D eigenvalue weighted by atomic mass is 19.4. The predicted octanol–water partition coefficient (Wildman–Crippen LogP) is 1.67. The molecule has 12 heteroatoms. The predicted molar refractivity (Wildman–Crippen MR) is 44.8 cm³/mol. The molecule has 0 aliphatic heterocycles. The zero-order valence-corrected chi connectivity index (χ0v) is 9.77. The number of hydrogen-bond acceptors (Lipinski definition) is 4. The summed E-state index contributed by atoms with van der Waals surface area (Å²) >= 11 is 0. The van der Waals surface area contributed by atoms with Crippen LogP contribution in [0.15, 0.2) is 0 Å². The Kier molecular flexibility index (Phi) is 5.00. The van der Waals surface area contributed by atoms with E-state index in [0.717, 1.165) is 0 Å². The van der Waals surface area contributed by atoms with Crippen molar-refractivity contribution in [2.24, 2.45) is 0 Å². The second kappa shape index (κ2) is 5.31. The van der Waals surface area contributed by atoms with Gasteiger partial charge in [-0.1, -0.05) is 0 Å². The van der Waals surface area contributed by atoms with Gasteiger partial charge in [-0.05, 0) is 0 Å². The highest BCUT2D eigenvalue weighted by Crippen LogP contribution is 2.53.